The maximum atomic E-state index is 11.3. The van der Waals surface area contributed by atoms with Gasteiger partial charge in [-0.25, -0.2) is 8.42 Å². The van der Waals surface area contributed by atoms with Gasteiger partial charge in [0.2, 0.25) is 14.2 Å². The molecule has 0 saturated carbocycles. The van der Waals surface area contributed by atoms with Crippen LogP contribution in [0, 0.1) is 10.1 Å². The quantitative estimate of drug-likeness (QED) is 0.625. The van der Waals surface area contributed by atoms with E-state index >= 15 is 0 Å². The Bertz CT molecular complexity index is 708. The van der Waals surface area contributed by atoms with Crippen LogP contribution in [0.25, 0.3) is 10.6 Å². The Morgan fingerprint density at radius 1 is 1.33 bits per heavy atom. The first-order chi connectivity index (χ1) is 8.38. The van der Waals surface area contributed by atoms with Crippen LogP contribution in [0.2, 0.25) is 0 Å². The van der Waals surface area contributed by atoms with Gasteiger partial charge in [0.25, 0.3) is 5.69 Å². The highest BCUT2D eigenvalue weighted by atomic mass is 32.2. The summed E-state index contributed by atoms with van der Waals surface area (Å²) >= 11 is 0.881. The van der Waals surface area contributed by atoms with Gasteiger partial charge in [-0.05, 0) is 0 Å². The molecular formula is C9H7N3O4S2. The van der Waals surface area contributed by atoms with Gasteiger partial charge in [0.1, 0.15) is 5.01 Å². The highest BCUT2D eigenvalue weighted by Gasteiger charge is 2.16. The van der Waals surface area contributed by atoms with Crippen LogP contribution in [0.15, 0.2) is 28.6 Å². The van der Waals surface area contributed by atoms with Crippen LogP contribution < -0.4 is 0 Å². The molecule has 94 valence electrons. The molecule has 0 unspecified atom stereocenters. The maximum Gasteiger partial charge on any atom is 0.270 e. The molecule has 0 spiro atoms. The van der Waals surface area contributed by atoms with Crippen molar-refractivity contribution in [3.63, 3.8) is 0 Å². The molecule has 7 nitrogen and oxygen atoms in total. The van der Waals surface area contributed by atoms with Gasteiger partial charge in [-0.1, -0.05) is 23.5 Å². The molecule has 0 aliphatic carbocycles. The standard InChI is InChI=1S/C9H7N3O4S2/c1-18(15,16)9-11-10-8(17-9)6-3-2-4-7(5-6)12(13)14/h2-5H,1H3. The highest BCUT2D eigenvalue weighted by Crippen LogP contribution is 2.28. The molecule has 18 heavy (non-hydrogen) atoms. The number of hydrogen-bond acceptors (Lipinski definition) is 7. The van der Waals surface area contributed by atoms with Crippen molar-refractivity contribution in [3.8, 4) is 10.6 Å². The van der Waals surface area contributed by atoms with Gasteiger partial charge in [0.05, 0.1) is 4.92 Å². The Morgan fingerprint density at radius 2 is 2.06 bits per heavy atom. The van der Waals surface area contributed by atoms with Gasteiger partial charge in [-0.2, -0.15) is 0 Å². The first-order valence-electron chi connectivity index (χ1n) is 4.66. The second-order valence-corrected chi connectivity index (χ2v) is 6.62. The lowest BCUT2D eigenvalue weighted by Gasteiger charge is -1.94. The van der Waals surface area contributed by atoms with E-state index in [2.05, 4.69) is 10.2 Å². The fraction of sp³-hybridized carbons (Fsp3) is 0.111. The molecule has 1 heterocycles. The van der Waals surface area contributed by atoms with E-state index in [-0.39, 0.29) is 10.0 Å². The van der Waals surface area contributed by atoms with Crippen LogP contribution in [-0.2, 0) is 9.84 Å². The summed E-state index contributed by atoms with van der Waals surface area (Å²) in [6.45, 7) is 0. The van der Waals surface area contributed by atoms with Crippen molar-refractivity contribution in [1.29, 1.82) is 0 Å². The van der Waals surface area contributed by atoms with Crippen LogP contribution in [0.4, 0.5) is 5.69 Å². The monoisotopic (exact) mass is 285 g/mol. The number of aromatic nitrogens is 2. The molecule has 0 atom stereocenters. The number of rotatable bonds is 3. The zero-order valence-corrected chi connectivity index (χ0v) is 10.7. The molecule has 1 aromatic heterocycles. The number of nitrogens with zero attached hydrogens (tertiary/aromatic N) is 3. The van der Waals surface area contributed by atoms with E-state index in [1.54, 1.807) is 6.07 Å². The maximum absolute atomic E-state index is 11.3. The summed E-state index contributed by atoms with van der Waals surface area (Å²) < 4.78 is 22.4. The first-order valence-corrected chi connectivity index (χ1v) is 7.37. The van der Waals surface area contributed by atoms with Crippen molar-refractivity contribution >= 4 is 26.9 Å². The fourth-order valence-corrected chi connectivity index (χ4v) is 2.83. The number of hydrogen-bond donors (Lipinski definition) is 0. The lowest BCUT2D eigenvalue weighted by atomic mass is 10.2. The zero-order chi connectivity index (χ0) is 13.3. The van der Waals surface area contributed by atoms with Gasteiger partial charge in [-0.15, -0.1) is 10.2 Å². The molecule has 0 bridgehead atoms. The predicted octanol–water partition coefficient (Wildman–Crippen LogP) is 1.52. The Labute approximate surface area is 106 Å². The van der Waals surface area contributed by atoms with Gasteiger partial charge in [-0.3, -0.25) is 10.1 Å². The lowest BCUT2D eigenvalue weighted by Crippen LogP contribution is -1.95. The van der Waals surface area contributed by atoms with Crippen LogP contribution in [0.5, 0.6) is 0 Å². The molecule has 0 fully saturated rings. The van der Waals surface area contributed by atoms with E-state index in [0.717, 1.165) is 17.6 Å². The third-order valence-corrected chi connectivity index (χ3v) is 4.67. The van der Waals surface area contributed by atoms with Crippen molar-refractivity contribution < 1.29 is 13.3 Å². The minimum absolute atomic E-state index is 0.0800. The van der Waals surface area contributed by atoms with E-state index in [1.165, 1.54) is 18.2 Å². The van der Waals surface area contributed by atoms with Gasteiger partial charge >= 0.3 is 0 Å². The fourth-order valence-electron chi connectivity index (χ4n) is 1.23. The molecular weight excluding hydrogens is 278 g/mol. The summed E-state index contributed by atoms with van der Waals surface area (Å²) in [7, 11) is -3.41. The van der Waals surface area contributed by atoms with E-state index < -0.39 is 14.8 Å². The van der Waals surface area contributed by atoms with Crippen molar-refractivity contribution in [1.82, 2.24) is 10.2 Å². The Morgan fingerprint density at radius 3 is 2.61 bits per heavy atom. The Kier molecular flexibility index (Phi) is 3.09. The molecule has 2 aromatic rings. The average molecular weight is 285 g/mol. The van der Waals surface area contributed by atoms with Crippen LogP contribution >= 0.6 is 11.3 Å². The summed E-state index contributed by atoms with van der Waals surface area (Å²) in [6.07, 6.45) is 1.03. The molecule has 1 aromatic carbocycles. The molecule has 0 aliphatic rings. The topological polar surface area (TPSA) is 103 Å². The summed E-state index contributed by atoms with van der Waals surface area (Å²) in [4.78, 5) is 10.1. The highest BCUT2D eigenvalue weighted by molar-refractivity contribution is 7.92. The van der Waals surface area contributed by atoms with E-state index in [0.29, 0.717) is 10.6 Å². The summed E-state index contributed by atoms with van der Waals surface area (Å²) in [5.74, 6) is 0. The third kappa shape index (κ3) is 2.51. The van der Waals surface area contributed by atoms with Gasteiger partial charge in [0.15, 0.2) is 0 Å². The van der Waals surface area contributed by atoms with Crippen molar-refractivity contribution in [2.45, 2.75) is 4.34 Å². The van der Waals surface area contributed by atoms with Crippen LogP contribution in [0.3, 0.4) is 0 Å². The third-order valence-electron chi connectivity index (χ3n) is 2.03. The number of sulfone groups is 1. The molecule has 0 aliphatic heterocycles. The zero-order valence-electron chi connectivity index (χ0n) is 9.10. The molecule has 0 N–H and O–H groups in total. The number of nitro groups is 1. The van der Waals surface area contributed by atoms with Crippen molar-refractivity contribution in [3.05, 3.63) is 34.4 Å². The van der Waals surface area contributed by atoms with Crippen molar-refractivity contribution in [2.24, 2.45) is 0 Å². The smallest absolute Gasteiger partial charge is 0.258 e. The molecule has 9 heteroatoms. The number of benzene rings is 1. The summed E-state index contributed by atoms with van der Waals surface area (Å²) in [5.41, 5.74) is 0.389. The molecule has 0 amide bonds. The summed E-state index contributed by atoms with van der Waals surface area (Å²) in [5, 5.41) is 18.2. The Hall–Kier alpha value is -1.87. The first kappa shape index (κ1) is 12.6. The van der Waals surface area contributed by atoms with E-state index in [9.17, 15) is 18.5 Å². The summed E-state index contributed by atoms with van der Waals surface area (Å²) in [6, 6.07) is 5.79. The lowest BCUT2D eigenvalue weighted by molar-refractivity contribution is -0.384. The van der Waals surface area contributed by atoms with Gasteiger partial charge in [0, 0.05) is 24.0 Å². The average Bonchev–Trinajstić information content (AvgIpc) is 2.78. The molecule has 2 rings (SSSR count). The SMILES string of the molecule is CS(=O)(=O)c1nnc(-c2cccc([N+](=O)[O-])c2)s1. The minimum atomic E-state index is -3.41. The minimum Gasteiger partial charge on any atom is -0.258 e. The largest absolute Gasteiger partial charge is 0.270 e. The molecule has 0 radical (unpaired) electrons. The van der Waals surface area contributed by atoms with E-state index in [4.69, 9.17) is 0 Å². The number of non-ortho nitro benzene ring substituents is 1. The number of nitro benzene ring substituents is 1. The second-order valence-electron chi connectivity index (χ2n) is 3.45. The molecule has 0 saturated heterocycles. The van der Waals surface area contributed by atoms with Crippen LogP contribution in [0.1, 0.15) is 0 Å². The van der Waals surface area contributed by atoms with Crippen molar-refractivity contribution in [2.75, 3.05) is 6.26 Å². The van der Waals surface area contributed by atoms with Crippen LogP contribution in [-0.4, -0.2) is 29.8 Å². The van der Waals surface area contributed by atoms with E-state index in [1.807, 2.05) is 0 Å². The van der Waals surface area contributed by atoms with Gasteiger partial charge < -0.3 is 0 Å². The second kappa shape index (κ2) is 4.42. The normalized spacial score (nSPS) is 11.4. The Balaban J connectivity index is 2.46. The predicted molar refractivity (Wildman–Crippen MR) is 65.1 cm³/mol.